The van der Waals surface area contributed by atoms with Crippen LogP contribution < -0.4 is 4.52 Å². The molecule has 0 heterocycles. The average molecular weight is 263 g/mol. The summed E-state index contributed by atoms with van der Waals surface area (Å²) >= 11 is 0.955. The molecular weight excluding hydrogens is 253 g/mol. The number of hydrogen-bond acceptors (Lipinski definition) is 6. The maximum atomic E-state index is 11.7. The highest BCUT2D eigenvalue weighted by atomic mass is 32.7. The monoisotopic (exact) mass is 263 g/mol. The first kappa shape index (κ1) is 13.0. The fourth-order valence-corrected chi connectivity index (χ4v) is 2.51. The normalized spacial score (nSPS) is 14.1. The highest BCUT2D eigenvalue weighted by Gasteiger charge is 2.23. The Kier molecular flexibility index (Phi) is 4.35. The van der Waals surface area contributed by atoms with E-state index in [1.54, 1.807) is 6.26 Å². The van der Waals surface area contributed by atoms with Crippen LogP contribution in [0.4, 0.5) is 5.69 Å². The number of rotatable bonds is 5. The number of nitro benzene ring substituents is 1. The molecule has 0 aromatic heterocycles. The van der Waals surface area contributed by atoms with Gasteiger partial charge in [-0.3, -0.25) is 14.6 Å². The van der Waals surface area contributed by atoms with Crippen LogP contribution in [0.3, 0.4) is 0 Å². The fourth-order valence-electron chi connectivity index (χ4n) is 0.907. The van der Waals surface area contributed by atoms with Gasteiger partial charge in [0.15, 0.2) is 0 Å². The molecule has 1 rings (SSSR count). The molecule has 0 spiro atoms. The highest BCUT2D eigenvalue weighted by molar-refractivity contribution is 8.54. The Balaban J connectivity index is 2.83. The Morgan fingerprint density at radius 3 is 2.31 bits per heavy atom. The lowest BCUT2D eigenvalue weighted by Gasteiger charge is -2.13. The average Bonchev–Trinajstić information content (AvgIpc) is 2.29. The number of hydrogen-bond donors (Lipinski definition) is 0. The molecule has 6 nitrogen and oxygen atoms in total. The first-order valence-corrected chi connectivity index (χ1v) is 7.53. The van der Waals surface area contributed by atoms with Gasteiger partial charge in [-0.1, -0.05) is 0 Å². The van der Waals surface area contributed by atoms with Gasteiger partial charge in [-0.15, -0.1) is 0 Å². The lowest BCUT2D eigenvalue weighted by molar-refractivity contribution is -0.384. The Bertz CT molecular complexity index is 413. The smallest absolute Gasteiger partial charge is 0.417 e. The molecule has 0 radical (unpaired) electrons. The largest absolute Gasteiger partial charge is 0.439 e. The van der Waals surface area contributed by atoms with Crippen molar-refractivity contribution in [2.75, 3.05) is 13.4 Å². The molecule has 0 fully saturated rings. The molecule has 1 aromatic rings. The summed E-state index contributed by atoms with van der Waals surface area (Å²) in [7, 11) is 1.28. The highest BCUT2D eigenvalue weighted by Crippen LogP contribution is 2.57. The van der Waals surface area contributed by atoms with Crippen molar-refractivity contribution in [3.05, 3.63) is 34.4 Å². The summed E-state index contributed by atoms with van der Waals surface area (Å²) in [6.07, 6.45) is 1.59. The molecule has 0 aliphatic carbocycles. The van der Waals surface area contributed by atoms with Gasteiger partial charge in [0.2, 0.25) is 0 Å². The minimum atomic E-state index is -3.20. The van der Waals surface area contributed by atoms with Crippen molar-refractivity contribution in [1.29, 1.82) is 0 Å². The van der Waals surface area contributed by atoms with E-state index in [0.29, 0.717) is 0 Å². The SMILES string of the molecule is COP(=O)(Oc1ccc([N+](=O)[O-])cc1)SC. The molecule has 16 heavy (non-hydrogen) atoms. The summed E-state index contributed by atoms with van der Waals surface area (Å²) in [5, 5.41) is 10.4. The summed E-state index contributed by atoms with van der Waals surface area (Å²) in [4.78, 5) is 9.87. The second-order valence-corrected chi connectivity index (χ2v) is 6.90. The number of benzene rings is 1. The van der Waals surface area contributed by atoms with Gasteiger partial charge in [-0.25, -0.2) is 4.57 Å². The summed E-state index contributed by atoms with van der Waals surface area (Å²) in [6.45, 7) is -3.20. The van der Waals surface area contributed by atoms with Crippen LogP contribution in [0.25, 0.3) is 0 Å². The van der Waals surface area contributed by atoms with E-state index < -0.39 is 11.7 Å². The molecule has 0 saturated heterocycles. The van der Waals surface area contributed by atoms with Gasteiger partial charge in [0.1, 0.15) is 5.75 Å². The van der Waals surface area contributed by atoms with Crippen molar-refractivity contribution in [1.82, 2.24) is 0 Å². The minimum absolute atomic E-state index is 0.0521. The van der Waals surface area contributed by atoms with Crippen LogP contribution >= 0.6 is 18.2 Å². The first-order valence-electron chi connectivity index (χ1n) is 4.16. The molecular formula is C8H10NO5PS. The van der Waals surface area contributed by atoms with Gasteiger partial charge in [-0.2, -0.15) is 0 Å². The van der Waals surface area contributed by atoms with Crippen LogP contribution in [-0.4, -0.2) is 18.3 Å². The van der Waals surface area contributed by atoms with E-state index in [1.807, 2.05) is 0 Å². The topological polar surface area (TPSA) is 78.7 Å². The molecule has 1 atom stereocenters. The Hall–Kier alpha value is -1.04. The lowest BCUT2D eigenvalue weighted by atomic mass is 10.3. The standard InChI is InChI=1S/C8H10NO5PS/c1-13-15(12,16-2)14-8-5-3-7(4-6-8)9(10)11/h3-6H,1-2H3. The Labute approximate surface area is 96.4 Å². The van der Waals surface area contributed by atoms with Crippen molar-refractivity contribution in [2.24, 2.45) is 0 Å². The van der Waals surface area contributed by atoms with Gasteiger partial charge >= 0.3 is 6.80 Å². The Morgan fingerprint density at radius 2 is 1.94 bits per heavy atom. The van der Waals surface area contributed by atoms with Gasteiger partial charge < -0.3 is 4.52 Å². The predicted molar refractivity (Wildman–Crippen MR) is 61.9 cm³/mol. The second-order valence-electron chi connectivity index (χ2n) is 2.65. The van der Waals surface area contributed by atoms with E-state index in [2.05, 4.69) is 0 Å². The number of nitro groups is 1. The van der Waals surface area contributed by atoms with E-state index in [0.717, 1.165) is 11.4 Å². The third-order valence-corrected chi connectivity index (χ3v) is 5.05. The molecule has 0 bridgehead atoms. The van der Waals surface area contributed by atoms with Gasteiger partial charge in [0.25, 0.3) is 5.69 Å². The summed E-state index contributed by atoms with van der Waals surface area (Å²) < 4.78 is 21.6. The minimum Gasteiger partial charge on any atom is -0.417 e. The zero-order valence-corrected chi connectivity index (χ0v) is 10.4. The van der Waals surface area contributed by atoms with Crippen molar-refractivity contribution < 1.29 is 18.5 Å². The van der Waals surface area contributed by atoms with Gasteiger partial charge in [-0.05, 0) is 29.8 Å². The van der Waals surface area contributed by atoms with E-state index in [1.165, 1.54) is 31.4 Å². The molecule has 0 saturated carbocycles. The van der Waals surface area contributed by atoms with Crippen molar-refractivity contribution in [3.63, 3.8) is 0 Å². The van der Waals surface area contributed by atoms with Crippen molar-refractivity contribution >= 4 is 23.9 Å². The Morgan fingerprint density at radius 1 is 1.38 bits per heavy atom. The maximum Gasteiger partial charge on any atom is 0.439 e. The molecule has 8 heteroatoms. The van der Waals surface area contributed by atoms with Crippen LogP contribution in [0.1, 0.15) is 0 Å². The molecule has 0 aliphatic heterocycles. The zero-order valence-electron chi connectivity index (χ0n) is 8.65. The molecule has 0 amide bonds. The third-order valence-electron chi connectivity index (χ3n) is 1.71. The summed E-state index contributed by atoms with van der Waals surface area (Å²) in [5.41, 5.74) is -0.0521. The molecule has 0 N–H and O–H groups in total. The maximum absolute atomic E-state index is 11.7. The first-order chi connectivity index (χ1) is 7.50. The van der Waals surface area contributed by atoms with Crippen molar-refractivity contribution in [3.8, 4) is 5.75 Å². The van der Waals surface area contributed by atoms with E-state index in [4.69, 9.17) is 9.05 Å². The van der Waals surface area contributed by atoms with E-state index in [-0.39, 0.29) is 11.4 Å². The quantitative estimate of drug-likeness (QED) is 0.461. The zero-order chi connectivity index (χ0) is 12.2. The van der Waals surface area contributed by atoms with E-state index >= 15 is 0 Å². The third kappa shape index (κ3) is 3.23. The fraction of sp³-hybridized carbons (Fsp3) is 0.250. The lowest BCUT2D eigenvalue weighted by Crippen LogP contribution is -1.92. The number of non-ortho nitro benzene ring substituents is 1. The van der Waals surface area contributed by atoms with Gasteiger partial charge in [0.05, 0.1) is 4.92 Å². The van der Waals surface area contributed by atoms with Crippen LogP contribution in [0.2, 0.25) is 0 Å². The van der Waals surface area contributed by atoms with Crippen molar-refractivity contribution in [2.45, 2.75) is 0 Å². The molecule has 0 aliphatic rings. The molecule has 1 aromatic carbocycles. The summed E-state index contributed by atoms with van der Waals surface area (Å²) in [5.74, 6) is 0.269. The summed E-state index contributed by atoms with van der Waals surface area (Å²) in [6, 6.07) is 5.30. The van der Waals surface area contributed by atoms with Crippen LogP contribution in [0, 0.1) is 10.1 Å². The molecule has 88 valence electrons. The van der Waals surface area contributed by atoms with E-state index in [9.17, 15) is 14.7 Å². The molecule has 1 unspecified atom stereocenters. The van der Waals surface area contributed by atoms with Gasteiger partial charge in [0, 0.05) is 19.2 Å². The van der Waals surface area contributed by atoms with Crippen LogP contribution in [-0.2, 0) is 9.09 Å². The van der Waals surface area contributed by atoms with Crippen LogP contribution in [0.15, 0.2) is 24.3 Å². The predicted octanol–water partition coefficient (Wildman–Crippen LogP) is 3.09. The number of nitrogens with zero attached hydrogens (tertiary/aromatic N) is 1. The van der Waals surface area contributed by atoms with Crippen LogP contribution in [0.5, 0.6) is 5.75 Å². The second kappa shape index (κ2) is 5.34.